The van der Waals surface area contributed by atoms with Crippen molar-refractivity contribution >= 4 is 43.6 Å². The lowest BCUT2D eigenvalue weighted by molar-refractivity contribution is -0.140. The first kappa shape index (κ1) is 31.6. The Hall–Kier alpha value is -3.35. The molecule has 3 heterocycles. The molecule has 0 radical (unpaired) electrons. The Morgan fingerprint density at radius 3 is 2.64 bits per heavy atom. The molecule has 5 rings (SSSR count). The number of methoxy groups -OCH3 is 1. The van der Waals surface area contributed by atoms with Gasteiger partial charge in [0.15, 0.2) is 0 Å². The fourth-order valence-corrected chi connectivity index (χ4v) is 7.03. The second-order valence-electron chi connectivity index (χ2n) is 9.96. The highest BCUT2D eigenvalue weighted by atomic mass is 79.9. The van der Waals surface area contributed by atoms with Crippen molar-refractivity contribution in [2.75, 3.05) is 32.1 Å². The summed E-state index contributed by atoms with van der Waals surface area (Å²) in [5, 5.41) is 21.8. The summed E-state index contributed by atoms with van der Waals surface area (Å²) >= 11 is 3.54. The lowest BCUT2D eigenvalue weighted by Crippen LogP contribution is -2.43. The van der Waals surface area contributed by atoms with Crippen LogP contribution in [-0.4, -0.2) is 60.3 Å². The van der Waals surface area contributed by atoms with Gasteiger partial charge in [-0.2, -0.15) is 9.40 Å². The van der Waals surface area contributed by atoms with Gasteiger partial charge in [-0.15, -0.1) is 0 Å². The SMILES string of the molecule is CC.COC(=O)CCc1ccc(S(=O)(=O)N2CCCC(CNC3=CC(c4ccccc4O)Nc4c(Br)cnn43)C2)cc1. The van der Waals surface area contributed by atoms with E-state index in [1.165, 1.54) is 7.11 Å². The third kappa shape index (κ3) is 7.16. The highest BCUT2D eigenvalue weighted by Crippen LogP contribution is 2.36. The van der Waals surface area contributed by atoms with Crippen LogP contribution >= 0.6 is 15.9 Å². The number of aromatic nitrogens is 2. The fourth-order valence-electron chi connectivity index (χ4n) is 5.10. The molecule has 0 aliphatic carbocycles. The van der Waals surface area contributed by atoms with Gasteiger partial charge in [0, 0.05) is 31.6 Å². The minimum Gasteiger partial charge on any atom is -0.508 e. The van der Waals surface area contributed by atoms with E-state index in [0.29, 0.717) is 26.1 Å². The van der Waals surface area contributed by atoms with E-state index >= 15 is 0 Å². The Morgan fingerprint density at radius 2 is 1.93 bits per heavy atom. The molecule has 1 saturated heterocycles. The monoisotopic (exact) mass is 659 g/mol. The number of carbonyl (C=O) groups is 1. The number of hydrogen-bond donors (Lipinski definition) is 3. The summed E-state index contributed by atoms with van der Waals surface area (Å²) < 4.78 is 35.7. The van der Waals surface area contributed by atoms with Crippen LogP contribution in [0.2, 0.25) is 0 Å². The largest absolute Gasteiger partial charge is 0.508 e. The molecule has 1 fully saturated rings. The zero-order valence-corrected chi connectivity index (χ0v) is 26.5. The Bertz CT molecular complexity index is 1510. The molecule has 1 aromatic heterocycles. The van der Waals surface area contributed by atoms with Gasteiger partial charge < -0.3 is 20.5 Å². The standard InChI is InChI=1S/C28H32BrN5O5S.C2H6/c1-39-27(36)13-10-19-8-11-21(12-9-19)40(37,38)33-14-4-5-20(18-33)16-30-26-15-24(22-6-2-3-7-25(22)35)32-28-23(29)17-31-34(26)28;1-2/h2-3,6-9,11-12,15,17,20,24,30,32,35H,4-5,10,13-14,16,18H2,1H3;1-2H3. The first-order valence-electron chi connectivity index (χ1n) is 14.2. The molecule has 2 aliphatic rings. The maximum absolute atomic E-state index is 13.4. The number of piperidine rings is 1. The number of para-hydroxylation sites is 1. The number of ether oxygens (including phenoxy) is 1. The summed E-state index contributed by atoms with van der Waals surface area (Å²) in [4.78, 5) is 11.7. The molecule has 3 N–H and O–H groups in total. The minimum atomic E-state index is -3.65. The number of sulfonamides is 1. The van der Waals surface area contributed by atoms with Crippen LogP contribution in [0.15, 0.2) is 70.2 Å². The number of benzene rings is 2. The quantitative estimate of drug-likeness (QED) is 0.270. The summed E-state index contributed by atoms with van der Waals surface area (Å²) in [6.45, 7) is 5.44. The number of aryl methyl sites for hydroxylation is 1. The molecule has 3 aromatic rings. The van der Waals surface area contributed by atoms with Crippen molar-refractivity contribution in [3.05, 3.63) is 76.4 Å². The number of esters is 1. The Labute approximate surface area is 255 Å². The predicted molar refractivity (Wildman–Crippen MR) is 166 cm³/mol. The van der Waals surface area contributed by atoms with Crippen LogP contribution in [0.25, 0.3) is 5.82 Å². The van der Waals surface area contributed by atoms with E-state index in [1.54, 1.807) is 51.6 Å². The number of nitrogens with zero attached hydrogens (tertiary/aromatic N) is 3. The number of nitrogens with one attached hydrogen (secondary N) is 2. The van der Waals surface area contributed by atoms with E-state index in [9.17, 15) is 18.3 Å². The van der Waals surface area contributed by atoms with Crippen molar-refractivity contribution in [1.29, 1.82) is 0 Å². The van der Waals surface area contributed by atoms with Crippen LogP contribution in [0, 0.1) is 5.92 Å². The number of fused-ring (bicyclic) bond motifs is 1. The van der Waals surface area contributed by atoms with E-state index < -0.39 is 10.0 Å². The number of hydrogen-bond acceptors (Lipinski definition) is 8. The smallest absolute Gasteiger partial charge is 0.305 e. The average Bonchev–Trinajstić information content (AvgIpc) is 3.40. The third-order valence-electron chi connectivity index (χ3n) is 7.30. The van der Waals surface area contributed by atoms with Crippen molar-refractivity contribution in [3.63, 3.8) is 0 Å². The van der Waals surface area contributed by atoms with Crippen molar-refractivity contribution in [3.8, 4) is 5.75 Å². The van der Waals surface area contributed by atoms with Gasteiger partial charge >= 0.3 is 5.97 Å². The number of phenolic OH excluding ortho intramolecular Hbond substituents is 1. The van der Waals surface area contributed by atoms with Gasteiger partial charge in [-0.1, -0.05) is 44.2 Å². The van der Waals surface area contributed by atoms with Gasteiger partial charge in [0.25, 0.3) is 0 Å². The van der Waals surface area contributed by atoms with Crippen LogP contribution in [-0.2, 0) is 26.0 Å². The Balaban J connectivity index is 0.00000198. The Kier molecular flexibility index (Phi) is 10.7. The Morgan fingerprint density at radius 1 is 1.19 bits per heavy atom. The maximum Gasteiger partial charge on any atom is 0.305 e. The topological polar surface area (TPSA) is 126 Å². The molecule has 0 amide bonds. The van der Waals surface area contributed by atoms with Gasteiger partial charge in [0.2, 0.25) is 10.0 Å². The third-order valence-corrected chi connectivity index (χ3v) is 9.76. The van der Waals surface area contributed by atoms with E-state index in [4.69, 9.17) is 0 Å². The number of halogens is 1. The lowest BCUT2D eigenvalue weighted by atomic mass is 9.99. The summed E-state index contributed by atoms with van der Waals surface area (Å²) in [5.74, 6) is 1.53. The van der Waals surface area contributed by atoms with Crippen LogP contribution in [0.1, 0.15) is 50.3 Å². The maximum atomic E-state index is 13.4. The summed E-state index contributed by atoms with van der Waals surface area (Å²) in [5.41, 5.74) is 1.62. The second-order valence-corrected chi connectivity index (χ2v) is 12.8. The zero-order valence-electron chi connectivity index (χ0n) is 24.1. The molecule has 10 nitrogen and oxygen atoms in total. The first-order valence-corrected chi connectivity index (χ1v) is 16.4. The second kappa shape index (κ2) is 14.2. The number of anilines is 1. The normalized spacial score (nSPS) is 18.5. The molecule has 2 unspecified atom stereocenters. The molecule has 0 bridgehead atoms. The highest BCUT2D eigenvalue weighted by Gasteiger charge is 2.31. The van der Waals surface area contributed by atoms with Crippen molar-refractivity contribution in [2.45, 2.75) is 50.5 Å². The fraction of sp³-hybridized carbons (Fsp3) is 0.400. The van der Waals surface area contributed by atoms with Crippen molar-refractivity contribution < 1.29 is 23.1 Å². The van der Waals surface area contributed by atoms with Gasteiger partial charge in [-0.25, -0.2) is 13.1 Å². The predicted octanol–water partition coefficient (Wildman–Crippen LogP) is 5.14. The lowest BCUT2D eigenvalue weighted by Gasteiger charge is -2.33. The van der Waals surface area contributed by atoms with Crippen LogP contribution in [0.4, 0.5) is 5.82 Å². The highest BCUT2D eigenvalue weighted by molar-refractivity contribution is 9.10. The molecule has 2 aromatic carbocycles. The molecule has 2 aliphatic heterocycles. The molecular formula is C30H38BrN5O5S. The summed E-state index contributed by atoms with van der Waals surface area (Å²) in [6, 6.07) is 13.6. The number of aromatic hydroxyl groups is 1. The molecule has 12 heteroatoms. The minimum absolute atomic E-state index is 0.102. The average molecular weight is 661 g/mol. The van der Waals surface area contributed by atoms with Crippen molar-refractivity contribution in [1.82, 2.24) is 19.4 Å². The van der Waals surface area contributed by atoms with Crippen molar-refractivity contribution in [2.24, 2.45) is 5.92 Å². The van der Waals surface area contributed by atoms with Crippen LogP contribution < -0.4 is 10.6 Å². The number of carbonyl (C=O) groups excluding carboxylic acids is 1. The molecule has 0 spiro atoms. The molecular weight excluding hydrogens is 622 g/mol. The van der Waals surface area contributed by atoms with E-state index in [-0.39, 0.29) is 35.0 Å². The molecule has 0 saturated carbocycles. The van der Waals surface area contributed by atoms with E-state index in [1.807, 2.05) is 32.1 Å². The summed E-state index contributed by atoms with van der Waals surface area (Å²) in [7, 11) is -2.30. The molecule has 42 heavy (non-hydrogen) atoms. The van der Waals surface area contributed by atoms with Gasteiger partial charge in [0.05, 0.1) is 28.7 Å². The van der Waals surface area contributed by atoms with Gasteiger partial charge in [0.1, 0.15) is 17.4 Å². The van der Waals surface area contributed by atoms with Crippen LogP contribution in [0.5, 0.6) is 5.75 Å². The van der Waals surface area contributed by atoms with E-state index in [0.717, 1.165) is 40.1 Å². The number of phenols is 1. The van der Waals surface area contributed by atoms with Gasteiger partial charge in [-0.05, 0) is 70.9 Å². The van der Waals surface area contributed by atoms with Gasteiger partial charge in [-0.3, -0.25) is 4.79 Å². The van der Waals surface area contributed by atoms with E-state index in [2.05, 4.69) is 36.4 Å². The van der Waals surface area contributed by atoms with Crippen LogP contribution in [0.3, 0.4) is 0 Å². The number of rotatable bonds is 9. The summed E-state index contributed by atoms with van der Waals surface area (Å²) in [6.07, 6.45) is 6.09. The molecule has 2 atom stereocenters. The molecule has 226 valence electrons. The first-order chi connectivity index (χ1) is 20.3. The zero-order chi connectivity index (χ0) is 30.3.